The summed E-state index contributed by atoms with van der Waals surface area (Å²) in [6, 6.07) is 4.75. The standard InChI is InChI=1S/C12H12ClN5O3/c1-21-12(20)11-15-6-18(17-11)5-10(19)16-7-2-3-8(13)9(14)4-7/h2-4,6H,5,14H2,1H3,(H,16,19). The van der Waals surface area contributed by atoms with Gasteiger partial charge in [-0.15, -0.1) is 5.10 Å². The van der Waals surface area contributed by atoms with Gasteiger partial charge in [0, 0.05) is 5.69 Å². The van der Waals surface area contributed by atoms with Gasteiger partial charge in [-0.2, -0.15) is 0 Å². The number of nitrogens with zero attached hydrogens (tertiary/aromatic N) is 3. The average molecular weight is 310 g/mol. The van der Waals surface area contributed by atoms with Crippen molar-refractivity contribution in [3.05, 3.63) is 35.4 Å². The topological polar surface area (TPSA) is 112 Å². The summed E-state index contributed by atoms with van der Waals surface area (Å²) in [7, 11) is 1.22. The molecule has 0 spiro atoms. The van der Waals surface area contributed by atoms with Crippen LogP contribution < -0.4 is 11.1 Å². The Balaban J connectivity index is 1.99. The minimum absolute atomic E-state index is 0.105. The predicted octanol–water partition coefficient (Wildman–Crippen LogP) is 0.939. The van der Waals surface area contributed by atoms with E-state index in [-0.39, 0.29) is 18.3 Å². The molecular formula is C12H12ClN5O3. The van der Waals surface area contributed by atoms with Gasteiger partial charge in [-0.25, -0.2) is 14.5 Å². The molecule has 0 atom stereocenters. The van der Waals surface area contributed by atoms with Gasteiger partial charge < -0.3 is 15.8 Å². The summed E-state index contributed by atoms with van der Waals surface area (Å²) in [5.41, 5.74) is 6.51. The van der Waals surface area contributed by atoms with Crippen LogP contribution in [0.2, 0.25) is 5.02 Å². The number of amides is 1. The summed E-state index contributed by atoms with van der Waals surface area (Å²) in [5.74, 6) is -1.13. The Labute approximate surface area is 124 Å². The van der Waals surface area contributed by atoms with Gasteiger partial charge in [-0.1, -0.05) is 11.6 Å². The highest BCUT2D eigenvalue weighted by molar-refractivity contribution is 6.33. The zero-order valence-electron chi connectivity index (χ0n) is 11.0. The maximum absolute atomic E-state index is 11.8. The van der Waals surface area contributed by atoms with Crippen LogP contribution in [0.3, 0.4) is 0 Å². The average Bonchev–Trinajstić information content (AvgIpc) is 2.90. The Morgan fingerprint density at radius 1 is 1.48 bits per heavy atom. The molecule has 2 aromatic rings. The van der Waals surface area contributed by atoms with Gasteiger partial charge >= 0.3 is 5.97 Å². The number of benzene rings is 1. The van der Waals surface area contributed by atoms with Gasteiger partial charge in [0.1, 0.15) is 12.9 Å². The largest absolute Gasteiger partial charge is 0.463 e. The highest BCUT2D eigenvalue weighted by Crippen LogP contribution is 2.22. The molecule has 0 saturated heterocycles. The van der Waals surface area contributed by atoms with E-state index in [2.05, 4.69) is 20.1 Å². The van der Waals surface area contributed by atoms with Crippen LogP contribution >= 0.6 is 11.6 Å². The molecule has 110 valence electrons. The lowest BCUT2D eigenvalue weighted by molar-refractivity contribution is -0.116. The summed E-state index contributed by atoms with van der Waals surface area (Å²) < 4.78 is 5.69. The smallest absolute Gasteiger partial charge is 0.377 e. The first-order chi connectivity index (χ1) is 9.99. The van der Waals surface area contributed by atoms with Crippen molar-refractivity contribution in [1.29, 1.82) is 0 Å². The molecule has 0 fully saturated rings. The van der Waals surface area contributed by atoms with Crippen molar-refractivity contribution in [3.63, 3.8) is 0 Å². The first-order valence-corrected chi connectivity index (χ1v) is 6.20. The number of nitrogens with two attached hydrogens (primary N) is 1. The lowest BCUT2D eigenvalue weighted by Crippen LogP contribution is -2.19. The molecule has 3 N–H and O–H groups in total. The molecule has 1 aromatic heterocycles. The van der Waals surface area contributed by atoms with Crippen LogP contribution in [0.5, 0.6) is 0 Å². The zero-order chi connectivity index (χ0) is 15.4. The summed E-state index contributed by atoms with van der Waals surface area (Å²) in [6.45, 7) is -0.105. The number of nitrogen functional groups attached to an aromatic ring is 1. The quantitative estimate of drug-likeness (QED) is 0.642. The number of methoxy groups -OCH3 is 1. The van der Waals surface area contributed by atoms with Crippen molar-refractivity contribution >= 4 is 34.9 Å². The van der Waals surface area contributed by atoms with Crippen molar-refractivity contribution < 1.29 is 14.3 Å². The van der Waals surface area contributed by atoms with E-state index in [9.17, 15) is 9.59 Å². The SMILES string of the molecule is COC(=O)c1ncn(CC(=O)Nc2ccc(Cl)c(N)c2)n1. The molecule has 0 radical (unpaired) electrons. The Bertz CT molecular complexity index is 685. The number of carbonyl (C=O) groups is 2. The lowest BCUT2D eigenvalue weighted by Gasteiger charge is -2.06. The maximum atomic E-state index is 11.8. The second kappa shape index (κ2) is 6.23. The fourth-order valence-electron chi connectivity index (χ4n) is 1.52. The molecule has 1 aromatic carbocycles. The number of carbonyl (C=O) groups excluding carboxylic acids is 2. The Morgan fingerprint density at radius 2 is 2.24 bits per heavy atom. The second-order valence-electron chi connectivity index (χ2n) is 4.04. The molecule has 2 rings (SSSR count). The highest BCUT2D eigenvalue weighted by Gasteiger charge is 2.13. The second-order valence-corrected chi connectivity index (χ2v) is 4.45. The van der Waals surface area contributed by atoms with Crippen molar-refractivity contribution in [2.45, 2.75) is 6.54 Å². The van der Waals surface area contributed by atoms with E-state index < -0.39 is 5.97 Å². The first-order valence-electron chi connectivity index (χ1n) is 5.82. The fraction of sp³-hybridized carbons (Fsp3) is 0.167. The molecule has 0 saturated carbocycles. The van der Waals surface area contributed by atoms with Gasteiger partial charge in [-0.05, 0) is 18.2 Å². The van der Waals surface area contributed by atoms with Crippen molar-refractivity contribution in [2.75, 3.05) is 18.2 Å². The molecule has 1 heterocycles. The molecule has 0 bridgehead atoms. The van der Waals surface area contributed by atoms with E-state index in [1.807, 2.05) is 0 Å². The Morgan fingerprint density at radius 3 is 2.90 bits per heavy atom. The minimum atomic E-state index is -0.667. The number of ether oxygens (including phenoxy) is 1. The summed E-state index contributed by atoms with van der Waals surface area (Å²) in [5, 5.41) is 6.86. The molecule has 1 amide bonds. The van der Waals surface area contributed by atoms with Gasteiger partial charge in [0.15, 0.2) is 0 Å². The third-order valence-electron chi connectivity index (χ3n) is 2.49. The number of esters is 1. The predicted molar refractivity (Wildman–Crippen MR) is 75.9 cm³/mol. The maximum Gasteiger partial charge on any atom is 0.377 e. The molecule has 0 aliphatic carbocycles. The van der Waals surface area contributed by atoms with E-state index in [0.717, 1.165) is 0 Å². The Hall–Kier alpha value is -2.61. The normalized spacial score (nSPS) is 10.2. The molecule has 21 heavy (non-hydrogen) atoms. The number of aromatic nitrogens is 3. The lowest BCUT2D eigenvalue weighted by atomic mass is 10.3. The molecular weight excluding hydrogens is 298 g/mol. The van der Waals surface area contributed by atoms with Crippen LogP contribution in [0.15, 0.2) is 24.5 Å². The van der Waals surface area contributed by atoms with Crippen LogP contribution in [0.25, 0.3) is 0 Å². The molecule has 8 nitrogen and oxygen atoms in total. The van der Waals surface area contributed by atoms with Crippen LogP contribution in [0.1, 0.15) is 10.6 Å². The van der Waals surface area contributed by atoms with Crippen LogP contribution in [-0.4, -0.2) is 33.8 Å². The van der Waals surface area contributed by atoms with E-state index >= 15 is 0 Å². The molecule has 9 heteroatoms. The van der Waals surface area contributed by atoms with E-state index in [1.165, 1.54) is 18.1 Å². The highest BCUT2D eigenvalue weighted by atomic mass is 35.5. The number of hydrogen-bond donors (Lipinski definition) is 2. The van der Waals surface area contributed by atoms with Gasteiger partial charge in [-0.3, -0.25) is 4.79 Å². The summed E-state index contributed by atoms with van der Waals surface area (Å²) >= 11 is 5.79. The van der Waals surface area contributed by atoms with Gasteiger partial charge in [0.25, 0.3) is 5.82 Å². The third kappa shape index (κ3) is 3.69. The number of anilines is 2. The molecule has 0 aliphatic rings. The van der Waals surface area contributed by atoms with E-state index in [0.29, 0.717) is 16.4 Å². The summed E-state index contributed by atoms with van der Waals surface area (Å²) in [4.78, 5) is 26.8. The monoisotopic (exact) mass is 309 g/mol. The number of rotatable bonds is 4. The van der Waals surface area contributed by atoms with Crippen LogP contribution in [-0.2, 0) is 16.1 Å². The fourth-order valence-corrected chi connectivity index (χ4v) is 1.64. The molecule has 0 aliphatic heterocycles. The van der Waals surface area contributed by atoms with Crippen molar-refractivity contribution in [3.8, 4) is 0 Å². The van der Waals surface area contributed by atoms with E-state index in [1.54, 1.807) is 18.2 Å². The van der Waals surface area contributed by atoms with Crippen molar-refractivity contribution in [1.82, 2.24) is 14.8 Å². The number of halogens is 1. The van der Waals surface area contributed by atoms with E-state index in [4.69, 9.17) is 17.3 Å². The van der Waals surface area contributed by atoms with Gasteiger partial charge in [0.05, 0.1) is 17.8 Å². The first kappa shape index (κ1) is 14.8. The summed E-state index contributed by atoms with van der Waals surface area (Å²) in [6.07, 6.45) is 1.27. The molecule has 0 unspecified atom stereocenters. The third-order valence-corrected chi connectivity index (χ3v) is 2.83. The zero-order valence-corrected chi connectivity index (χ0v) is 11.8. The number of hydrogen-bond acceptors (Lipinski definition) is 6. The van der Waals surface area contributed by atoms with Crippen molar-refractivity contribution in [2.24, 2.45) is 0 Å². The van der Waals surface area contributed by atoms with Crippen LogP contribution in [0.4, 0.5) is 11.4 Å². The van der Waals surface area contributed by atoms with Gasteiger partial charge in [0.2, 0.25) is 5.91 Å². The van der Waals surface area contributed by atoms with Crippen LogP contribution in [0, 0.1) is 0 Å². The minimum Gasteiger partial charge on any atom is -0.463 e. The number of nitrogens with one attached hydrogen (secondary N) is 1. The Kier molecular flexibility index (Phi) is 4.39.